The third-order valence-corrected chi connectivity index (χ3v) is 6.22. The molecule has 1 aromatic rings. The van der Waals surface area contributed by atoms with Crippen LogP contribution in [-0.2, 0) is 9.59 Å². The van der Waals surface area contributed by atoms with Gasteiger partial charge in [0.15, 0.2) is 0 Å². The predicted molar refractivity (Wildman–Crippen MR) is 107 cm³/mol. The summed E-state index contributed by atoms with van der Waals surface area (Å²) in [6, 6.07) is 3.91. The quantitative estimate of drug-likeness (QED) is 0.525. The Kier molecular flexibility index (Phi) is 6.17. The summed E-state index contributed by atoms with van der Waals surface area (Å²) >= 11 is 1.55. The summed E-state index contributed by atoms with van der Waals surface area (Å²) in [5.41, 5.74) is 1.27. The number of amides is 2. The molecule has 1 aromatic heterocycles. The van der Waals surface area contributed by atoms with Crippen LogP contribution in [0.2, 0.25) is 0 Å². The Morgan fingerprint density at radius 1 is 1.08 bits per heavy atom. The first-order valence-corrected chi connectivity index (χ1v) is 10.8. The average Bonchev–Trinajstić information content (AvgIpc) is 3.18. The lowest BCUT2D eigenvalue weighted by Crippen LogP contribution is -2.42. The van der Waals surface area contributed by atoms with E-state index in [0.29, 0.717) is 29.7 Å². The summed E-state index contributed by atoms with van der Waals surface area (Å²) in [5, 5.41) is 1.98. The number of carbonyl (C=O) groups excluding carboxylic acids is 2. The summed E-state index contributed by atoms with van der Waals surface area (Å²) in [7, 11) is 0. The van der Waals surface area contributed by atoms with Crippen molar-refractivity contribution >= 4 is 28.7 Å². The molecular weight excluding hydrogens is 344 g/mol. The van der Waals surface area contributed by atoms with Gasteiger partial charge in [0.2, 0.25) is 0 Å². The van der Waals surface area contributed by atoms with Crippen LogP contribution in [0.25, 0.3) is 5.57 Å². The van der Waals surface area contributed by atoms with Crippen molar-refractivity contribution in [3.05, 3.63) is 28.1 Å². The van der Waals surface area contributed by atoms with Crippen molar-refractivity contribution in [3.8, 4) is 0 Å². The molecule has 1 saturated heterocycles. The number of hydrogen-bond donors (Lipinski definition) is 0. The monoisotopic (exact) mass is 374 g/mol. The maximum Gasteiger partial charge on any atom is 0.277 e. The molecule has 2 aliphatic heterocycles. The van der Waals surface area contributed by atoms with E-state index in [0.717, 1.165) is 43.6 Å². The molecule has 0 saturated carbocycles. The number of likely N-dealkylation sites (tertiary alicyclic amines) is 1. The summed E-state index contributed by atoms with van der Waals surface area (Å²) in [6.45, 7) is 8.89. The van der Waals surface area contributed by atoms with Crippen LogP contribution in [0.3, 0.4) is 0 Å². The molecule has 2 atom stereocenters. The molecule has 0 radical (unpaired) electrons. The summed E-state index contributed by atoms with van der Waals surface area (Å²) in [6.07, 6.45) is 5.43. The molecule has 0 aliphatic carbocycles. The maximum atomic E-state index is 13.2. The number of thiophene rings is 1. The standard InChI is InChI=1S/C21H30N2O2S/c1-4-5-6-7-10-23-20(24)18(17-9-8-11-26-17)19(21(23)25)22-13-15(2)12-16(3)14-22/h8-9,11,15-16H,4-7,10,12-14H2,1-3H3. The van der Waals surface area contributed by atoms with Crippen LogP contribution in [0.1, 0.15) is 57.8 Å². The van der Waals surface area contributed by atoms with Crippen LogP contribution < -0.4 is 0 Å². The fraction of sp³-hybridized carbons (Fsp3) is 0.619. The molecule has 0 N–H and O–H groups in total. The van der Waals surface area contributed by atoms with Crippen LogP contribution in [0.15, 0.2) is 23.2 Å². The molecule has 4 nitrogen and oxygen atoms in total. The highest BCUT2D eigenvalue weighted by Crippen LogP contribution is 2.36. The Balaban J connectivity index is 1.88. The van der Waals surface area contributed by atoms with E-state index in [1.54, 1.807) is 11.3 Å². The van der Waals surface area contributed by atoms with Crippen molar-refractivity contribution in [3.63, 3.8) is 0 Å². The minimum Gasteiger partial charge on any atom is -0.366 e. The molecule has 142 valence electrons. The maximum absolute atomic E-state index is 13.2. The van der Waals surface area contributed by atoms with Crippen LogP contribution in [-0.4, -0.2) is 41.2 Å². The minimum atomic E-state index is -0.102. The minimum absolute atomic E-state index is 0.0869. The Morgan fingerprint density at radius 3 is 2.42 bits per heavy atom. The van der Waals surface area contributed by atoms with Gasteiger partial charge in [-0.3, -0.25) is 14.5 Å². The molecule has 0 bridgehead atoms. The number of rotatable bonds is 7. The zero-order valence-electron chi connectivity index (χ0n) is 16.2. The van der Waals surface area contributed by atoms with Crippen LogP contribution >= 0.6 is 11.3 Å². The lowest BCUT2D eigenvalue weighted by atomic mass is 9.91. The highest BCUT2D eigenvalue weighted by atomic mass is 32.1. The SMILES string of the molecule is CCCCCCN1C(=O)C(c2cccs2)=C(N2CC(C)CC(C)C2)C1=O. The van der Waals surface area contributed by atoms with Gasteiger partial charge in [0, 0.05) is 24.5 Å². The first-order valence-electron chi connectivity index (χ1n) is 9.92. The number of carbonyl (C=O) groups is 2. The van der Waals surface area contributed by atoms with Crippen molar-refractivity contribution in [2.45, 2.75) is 52.9 Å². The predicted octanol–water partition coefficient (Wildman–Crippen LogP) is 4.39. The fourth-order valence-electron chi connectivity index (χ4n) is 4.24. The third-order valence-electron chi connectivity index (χ3n) is 5.33. The van der Waals surface area contributed by atoms with Gasteiger partial charge in [0.25, 0.3) is 11.8 Å². The second kappa shape index (κ2) is 8.38. The Hall–Kier alpha value is -1.62. The van der Waals surface area contributed by atoms with E-state index in [1.807, 2.05) is 17.5 Å². The summed E-state index contributed by atoms with van der Waals surface area (Å²) < 4.78 is 0. The molecule has 26 heavy (non-hydrogen) atoms. The molecule has 2 amide bonds. The highest BCUT2D eigenvalue weighted by molar-refractivity contribution is 7.11. The van der Waals surface area contributed by atoms with E-state index in [-0.39, 0.29) is 11.8 Å². The van der Waals surface area contributed by atoms with E-state index in [4.69, 9.17) is 0 Å². The first kappa shape index (κ1) is 19.2. The van der Waals surface area contributed by atoms with Crippen LogP contribution in [0.5, 0.6) is 0 Å². The zero-order valence-corrected chi connectivity index (χ0v) is 17.0. The fourth-order valence-corrected chi connectivity index (χ4v) is 5.01. The Morgan fingerprint density at radius 2 is 1.81 bits per heavy atom. The number of unbranched alkanes of at least 4 members (excludes halogenated alkanes) is 3. The molecule has 2 unspecified atom stereocenters. The average molecular weight is 375 g/mol. The second-order valence-electron chi connectivity index (χ2n) is 7.87. The van der Waals surface area contributed by atoms with Crippen LogP contribution in [0, 0.1) is 11.8 Å². The van der Waals surface area contributed by atoms with Gasteiger partial charge in [0.1, 0.15) is 5.70 Å². The first-order chi connectivity index (χ1) is 12.5. The van der Waals surface area contributed by atoms with Crippen LogP contribution in [0.4, 0.5) is 0 Å². The number of hydrogen-bond acceptors (Lipinski definition) is 4. The Labute approximate surface area is 160 Å². The molecule has 3 heterocycles. The largest absolute Gasteiger partial charge is 0.366 e. The number of nitrogens with zero attached hydrogens (tertiary/aromatic N) is 2. The van der Waals surface area contributed by atoms with Crippen molar-refractivity contribution in [2.24, 2.45) is 11.8 Å². The van der Waals surface area contributed by atoms with Gasteiger partial charge in [0.05, 0.1) is 5.57 Å². The summed E-state index contributed by atoms with van der Waals surface area (Å²) in [4.78, 5) is 30.9. The normalized spacial score (nSPS) is 24.1. The molecule has 5 heteroatoms. The van der Waals surface area contributed by atoms with Crippen molar-refractivity contribution in [1.82, 2.24) is 9.80 Å². The van der Waals surface area contributed by atoms with E-state index in [9.17, 15) is 9.59 Å². The van der Waals surface area contributed by atoms with Gasteiger partial charge in [-0.15, -0.1) is 11.3 Å². The second-order valence-corrected chi connectivity index (χ2v) is 8.82. The lowest BCUT2D eigenvalue weighted by Gasteiger charge is -2.37. The van der Waals surface area contributed by atoms with Gasteiger partial charge in [-0.2, -0.15) is 0 Å². The smallest absolute Gasteiger partial charge is 0.277 e. The highest BCUT2D eigenvalue weighted by Gasteiger charge is 2.42. The lowest BCUT2D eigenvalue weighted by molar-refractivity contribution is -0.137. The third kappa shape index (κ3) is 3.88. The van der Waals surface area contributed by atoms with E-state index in [1.165, 1.54) is 11.3 Å². The van der Waals surface area contributed by atoms with Crippen molar-refractivity contribution < 1.29 is 9.59 Å². The van der Waals surface area contributed by atoms with E-state index in [2.05, 4.69) is 25.7 Å². The van der Waals surface area contributed by atoms with Gasteiger partial charge in [-0.1, -0.05) is 46.1 Å². The van der Waals surface area contributed by atoms with Gasteiger partial charge in [-0.25, -0.2) is 0 Å². The topological polar surface area (TPSA) is 40.6 Å². The summed E-state index contributed by atoms with van der Waals surface area (Å²) in [5.74, 6) is 0.890. The molecule has 1 fully saturated rings. The van der Waals surface area contributed by atoms with E-state index < -0.39 is 0 Å². The Bertz CT molecular complexity index is 670. The van der Waals surface area contributed by atoms with E-state index >= 15 is 0 Å². The van der Waals surface area contributed by atoms with Crippen molar-refractivity contribution in [2.75, 3.05) is 19.6 Å². The van der Waals surface area contributed by atoms with Gasteiger partial charge < -0.3 is 4.90 Å². The molecule has 2 aliphatic rings. The zero-order chi connectivity index (χ0) is 18.7. The molecule has 3 rings (SSSR count). The van der Waals surface area contributed by atoms with Crippen molar-refractivity contribution in [1.29, 1.82) is 0 Å². The molecule has 0 aromatic carbocycles. The van der Waals surface area contributed by atoms with Gasteiger partial charge >= 0.3 is 0 Å². The number of imide groups is 1. The number of piperidine rings is 1. The van der Waals surface area contributed by atoms with Gasteiger partial charge in [-0.05, 0) is 36.1 Å². The molecule has 0 spiro atoms. The molecular formula is C21H30N2O2S.